The molecule has 0 aromatic heterocycles. The number of ether oxygens (including phenoxy) is 2. The summed E-state index contributed by atoms with van der Waals surface area (Å²) in [6, 6.07) is 4.96. The highest BCUT2D eigenvalue weighted by Gasteiger charge is 2.16. The highest BCUT2D eigenvalue weighted by molar-refractivity contribution is 5.99. The van der Waals surface area contributed by atoms with Gasteiger partial charge in [-0.3, -0.25) is 4.79 Å². The number of hydrogen-bond donors (Lipinski definition) is 2. The highest BCUT2D eigenvalue weighted by Crippen LogP contribution is 2.30. The van der Waals surface area contributed by atoms with E-state index in [-0.39, 0.29) is 30.5 Å². The molecule has 0 radical (unpaired) electrons. The van der Waals surface area contributed by atoms with Crippen LogP contribution in [0.5, 0.6) is 11.5 Å². The SMILES string of the molecule is N=C1CC2=CC=C1Oc1cc(ccc1O)CCC(=O)OC/C=C\2. The van der Waals surface area contributed by atoms with Gasteiger partial charge in [-0.25, -0.2) is 0 Å². The number of benzene rings is 1. The molecule has 1 aromatic carbocycles. The van der Waals surface area contributed by atoms with E-state index in [1.807, 2.05) is 12.2 Å². The standard InChI is InChI=1S/C18H17NO4/c19-14-10-12-2-1-9-22-18(21)8-5-13-3-6-15(20)17(11-13)23-16(14)7-4-12/h1-4,6-7,11,19-20H,5,8-10H2/b2-1-,19-14?. The second-order valence-electron chi connectivity index (χ2n) is 5.42. The van der Waals surface area contributed by atoms with Crippen LogP contribution in [0, 0.1) is 5.41 Å². The monoisotopic (exact) mass is 311 g/mol. The molecule has 2 heterocycles. The van der Waals surface area contributed by atoms with E-state index in [2.05, 4.69) is 0 Å². The summed E-state index contributed by atoms with van der Waals surface area (Å²) < 4.78 is 10.8. The largest absolute Gasteiger partial charge is 0.504 e. The van der Waals surface area contributed by atoms with Crippen LogP contribution in [0.25, 0.3) is 0 Å². The molecule has 0 saturated carbocycles. The first kappa shape index (κ1) is 15.1. The predicted molar refractivity (Wildman–Crippen MR) is 85.7 cm³/mol. The van der Waals surface area contributed by atoms with Crippen LogP contribution in [-0.4, -0.2) is 23.4 Å². The van der Waals surface area contributed by atoms with E-state index >= 15 is 0 Å². The van der Waals surface area contributed by atoms with Crippen molar-refractivity contribution in [1.82, 2.24) is 0 Å². The van der Waals surface area contributed by atoms with E-state index in [9.17, 15) is 9.90 Å². The third kappa shape index (κ3) is 3.69. The van der Waals surface area contributed by atoms with Gasteiger partial charge in [-0.1, -0.05) is 18.2 Å². The van der Waals surface area contributed by atoms with Crippen molar-refractivity contribution in [2.75, 3.05) is 6.61 Å². The molecule has 1 aromatic rings. The average Bonchev–Trinajstić information content (AvgIpc) is 2.54. The Morgan fingerprint density at radius 2 is 2.04 bits per heavy atom. The zero-order chi connectivity index (χ0) is 16.2. The quantitative estimate of drug-likeness (QED) is 0.722. The highest BCUT2D eigenvalue weighted by atomic mass is 16.5. The average molecular weight is 311 g/mol. The van der Waals surface area contributed by atoms with Crippen molar-refractivity contribution in [3.05, 3.63) is 59.4 Å². The number of esters is 1. The Balaban J connectivity index is 1.95. The Morgan fingerprint density at radius 1 is 1.17 bits per heavy atom. The number of phenols is 1. The molecule has 5 heteroatoms. The summed E-state index contributed by atoms with van der Waals surface area (Å²) in [5.41, 5.74) is 2.13. The number of hydrogen-bond acceptors (Lipinski definition) is 5. The lowest BCUT2D eigenvalue weighted by Crippen LogP contribution is -2.12. The third-order valence-electron chi connectivity index (χ3n) is 3.66. The molecule has 0 fully saturated rings. The maximum atomic E-state index is 11.7. The van der Waals surface area contributed by atoms with Crippen LogP contribution in [0.3, 0.4) is 0 Å². The van der Waals surface area contributed by atoms with E-state index in [0.717, 1.165) is 11.1 Å². The maximum Gasteiger partial charge on any atom is 0.306 e. The van der Waals surface area contributed by atoms with Gasteiger partial charge in [0.2, 0.25) is 0 Å². The summed E-state index contributed by atoms with van der Waals surface area (Å²) in [4.78, 5) is 11.7. The zero-order valence-corrected chi connectivity index (χ0v) is 12.5. The smallest absolute Gasteiger partial charge is 0.306 e. The summed E-state index contributed by atoms with van der Waals surface area (Å²) in [5, 5.41) is 18.0. The first-order valence-corrected chi connectivity index (χ1v) is 7.42. The molecule has 0 amide bonds. The molecule has 1 aliphatic carbocycles. The van der Waals surface area contributed by atoms with Crippen molar-refractivity contribution in [2.24, 2.45) is 0 Å². The fourth-order valence-corrected chi connectivity index (χ4v) is 2.42. The number of fused-ring (bicyclic) bond motifs is 7. The van der Waals surface area contributed by atoms with Gasteiger partial charge in [-0.2, -0.15) is 0 Å². The summed E-state index contributed by atoms with van der Waals surface area (Å²) >= 11 is 0. The van der Waals surface area contributed by atoms with Crippen molar-refractivity contribution in [1.29, 1.82) is 5.41 Å². The maximum absolute atomic E-state index is 11.7. The van der Waals surface area contributed by atoms with E-state index in [0.29, 0.717) is 24.3 Å². The Morgan fingerprint density at radius 3 is 2.87 bits per heavy atom. The molecule has 118 valence electrons. The van der Waals surface area contributed by atoms with Gasteiger partial charge in [0.15, 0.2) is 11.5 Å². The van der Waals surface area contributed by atoms with Crippen molar-refractivity contribution in [2.45, 2.75) is 19.3 Å². The molecule has 4 bridgehead atoms. The Kier molecular flexibility index (Phi) is 4.28. The van der Waals surface area contributed by atoms with Gasteiger partial charge in [0, 0.05) is 12.8 Å². The molecule has 0 saturated heterocycles. The van der Waals surface area contributed by atoms with Crippen LogP contribution in [0.15, 0.2) is 53.8 Å². The lowest BCUT2D eigenvalue weighted by molar-refractivity contribution is -0.142. The summed E-state index contributed by atoms with van der Waals surface area (Å²) in [7, 11) is 0. The molecule has 5 nitrogen and oxygen atoms in total. The van der Waals surface area contributed by atoms with Gasteiger partial charge < -0.3 is 20.0 Å². The van der Waals surface area contributed by atoms with Crippen LogP contribution in [-0.2, 0) is 16.0 Å². The molecular weight excluding hydrogens is 294 g/mol. The van der Waals surface area contributed by atoms with Crippen LogP contribution in [0.1, 0.15) is 18.4 Å². The molecule has 2 aliphatic heterocycles. The molecule has 4 rings (SSSR count). The number of aromatic hydroxyl groups is 1. The van der Waals surface area contributed by atoms with Crippen molar-refractivity contribution in [3.63, 3.8) is 0 Å². The lowest BCUT2D eigenvalue weighted by atomic mass is 10.0. The molecular formula is C18H17NO4. The normalized spacial score (nSPS) is 19.7. The summed E-state index contributed by atoms with van der Waals surface area (Å²) in [6.07, 6.45) is 8.36. The van der Waals surface area contributed by atoms with Crippen LogP contribution < -0.4 is 4.74 Å². The van der Waals surface area contributed by atoms with E-state index < -0.39 is 0 Å². The van der Waals surface area contributed by atoms with E-state index in [1.165, 1.54) is 6.07 Å². The van der Waals surface area contributed by atoms with Gasteiger partial charge in [0.25, 0.3) is 0 Å². The molecule has 0 spiro atoms. The number of rotatable bonds is 0. The van der Waals surface area contributed by atoms with Crippen molar-refractivity contribution >= 4 is 11.7 Å². The minimum absolute atomic E-state index is 0.00372. The molecule has 23 heavy (non-hydrogen) atoms. The van der Waals surface area contributed by atoms with E-state index in [4.69, 9.17) is 14.9 Å². The number of aryl methyl sites for hydroxylation is 1. The minimum Gasteiger partial charge on any atom is -0.504 e. The fraction of sp³-hybridized carbons (Fsp3) is 0.222. The number of carbonyl (C=O) groups excluding carboxylic acids is 1. The first-order chi connectivity index (χ1) is 11.1. The number of allylic oxidation sites excluding steroid dienone is 5. The Labute approximate surface area is 134 Å². The van der Waals surface area contributed by atoms with Gasteiger partial charge in [0.1, 0.15) is 12.4 Å². The third-order valence-corrected chi connectivity index (χ3v) is 3.66. The van der Waals surface area contributed by atoms with E-state index in [1.54, 1.807) is 24.3 Å². The lowest BCUT2D eigenvalue weighted by Gasteiger charge is -2.16. The zero-order valence-electron chi connectivity index (χ0n) is 12.5. The molecule has 0 unspecified atom stereocenters. The predicted octanol–water partition coefficient (Wildman–Crippen LogP) is 3.05. The number of phenolic OH excluding ortho intramolecular Hbond substituents is 1. The Hall–Kier alpha value is -2.82. The summed E-state index contributed by atoms with van der Waals surface area (Å²) in [5.74, 6) is 0.432. The van der Waals surface area contributed by atoms with Gasteiger partial charge in [-0.15, -0.1) is 0 Å². The molecule has 2 N–H and O–H groups in total. The number of carbonyl (C=O) groups is 1. The second-order valence-corrected chi connectivity index (χ2v) is 5.42. The second kappa shape index (κ2) is 6.52. The van der Waals surface area contributed by atoms with Crippen LogP contribution >= 0.6 is 0 Å². The van der Waals surface area contributed by atoms with Gasteiger partial charge in [-0.05, 0) is 41.8 Å². The Bertz CT molecular complexity index is 743. The summed E-state index contributed by atoms with van der Waals surface area (Å²) in [6.45, 7) is 0.220. The molecule has 0 atom stereocenters. The topological polar surface area (TPSA) is 79.6 Å². The molecule has 3 aliphatic rings. The van der Waals surface area contributed by atoms with Gasteiger partial charge >= 0.3 is 5.97 Å². The van der Waals surface area contributed by atoms with Crippen LogP contribution in [0.4, 0.5) is 0 Å². The van der Waals surface area contributed by atoms with Crippen LogP contribution in [0.2, 0.25) is 0 Å². The fourth-order valence-electron chi connectivity index (χ4n) is 2.42. The van der Waals surface area contributed by atoms with Crippen molar-refractivity contribution < 1.29 is 19.4 Å². The van der Waals surface area contributed by atoms with Crippen molar-refractivity contribution in [3.8, 4) is 11.5 Å². The minimum atomic E-state index is -0.271. The first-order valence-electron chi connectivity index (χ1n) is 7.42. The van der Waals surface area contributed by atoms with Gasteiger partial charge in [0.05, 0.1) is 5.71 Å². The number of nitrogens with one attached hydrogen (secondary N) is 1.